The van der Waals surface area contributed by atoms with Crippen molar-refractivity contribution in [3.8, 4) is 0 Å². The molecule has 0 aromatic carbocycles. The van der Waals surface area contributed by atoms with E-state index in [4.69, 9.17) is 4.52 Å². The van der Waals surface area contributed by atoms with Gasteiger partial charge in [-0.3, -0.25) is 4.79 Å². The molecule has 74 valence electrons. The Morgan fingerprint density at radius 3 is 2.69 bits per heavy atom. The van der Waals surface area contributed by atoms with Crippen LogP contribution in [0, 0.1) is 6.92 Å². The lowest BCUT2D eigenvalue weighted by Gasteiger charge is -2.10. The van der Waals surface area contributed by atoms with E-state index in [-0.39, 0.29) is 18.3 Å². The van der Waals surface area contributed by atoms with E-state index in [0.717, 1.165) is 5.69 Å². The Morgan fingerprint density at radius 2 is 2.31 bits per heavy atom. The molecule has 0 radical (unpaired) electrons. The van der Waals surface area contributed by atoms with Crippen molar-refractivity contribution in [2.24, 2.45) is 0 Å². The van der Waals surface area contributed by atoms with Crippen molar-refractivity contribution in [2.75, 3.05) is 13.6 Å². The minimum absolute atomic E-state index is 0. The van der Waals surface area contributed by atoms with Crippen LogP contribution in [0.5, 0.6) is 0 Å². The molecule has 1 aromatic rings. The molecule has 0 bridgehead atoms. The van der Waals surface area contributed by atoms with Gasteiger partial charge in [0.25, 0.3) is 5.91 Å². The Balaban J connectivity index is 0.00000144. The van der Waals surface area contributed by atoms with Crippen LogP contribution < -0.4 is 0 Å². The lowest BCUT2D eigenvalue weighted by atomic mass is 10.3. The van der Waals surface area contributed by atoms with Crippen LogP contribution in [0.15, 0.2) is 10.6 Å². The van der Waals surface area contributed by atoms with E-state index in [1.54, 1.807) is 24.9 Å². The highest BCUT2D eigenvalue weighted by molar-refractivity contribution is 5.91. The first-order valence-corrected chi connectivity index (χ1v) is 3.84. The molecule has 0 fully saturated rings. The Hall–Kier alpha value is -1.03. The van der Waals surface area contributed by atoms with Gasteiger partial charge >= 0.3 is 0 Å². The molecule has 0 aliphatic carbocycles. The first kappa shape index (κ1) is 12.0. The number of aryl methyl sites for hydroxylation is 1. The van der Waals surface area contributed by atoms with Crippen molar-refractivity contribution in [2.45, 2.75) is 13.8 Å². The lowest BCUT2D eigenvalue weighted by molar-refractivity contribution is 0.0761. The largest absolute Gasteiger partial charge is 0.351 e. The molecule has 13 heavy (non-hydrogen) atoms. The van der Waals surface area contributed by atoms with E-state index >= 15 is 0 Å². The van der Waals surface area contributed by atoms with E-state index in [9.17, 15) is 4.79 Å². The summed E-state index contributed by atoms with van der Waals surface area (Å²) in [4.78, 5) is 13.0. The van der Waals surface area contributed by atoms with Crippen LogP contribution in [0.3, 0.4) is 0 Å². The third kappa shape index (κ3) is 2.73. The molecule has 1 amide bonds. The molecule has 1 heterocycles. The molecule has 0 atom stereocenters. The second-order valence-electron chi connectivity index (χ2n) is 2.65. The fourth-order valence-corrected chi connectivity index (χ4v) is 0.796. The average molecular weight is 205 g/mol. The van der Waals surface area contributed by atoms with Crippen LogP contribution in [-0.4, -0.2) is 29.6 Å². The molecule has 4 nitrogen and oxygen atoms in total. The summed E-state index contributed by atoms with van der Waals surface area (Å²) in [5.74, 6) is 0.176. The van der Waals surface area contributed by atoms with Crippen molar-refractivity contribution < 1.29 is 9.32 Å². The molecule has 0 N–H and O–H groups in total. The summed E-state index contributed by atoms with van der Waals surface area (Å²) in [5.41, 5.74) is 0.725. The summed E-state index contributed by atoms with van der Waals surface area (Å²) in [6.07, 6.45) is 0. The van der Waals surface area contributed by atoms with Gasteiger partial charge in [0.05, 0.1) is 5.69 Å². The van der Waals surface area contributed by atoms with Crippen LogP contribution in [0.4, 0.5) is 0 Å². The predicted octanol–water partition coefficient (Wildman–Crippen LogP) is 1.50. The third-order valence-corrected chi connectivity index (χ3v) is 1.66. The second kappa shape index (κ2) is 4.87. The molecular weight excluding hydrogens is 192 g/mol. The molecular formula is C8H13ClN2O2. The number of halogens is 1. The van der Waals surface area contributed by atoms with Gasteiger partial charge in [-0.05, 0) is 13.8 Å². The number of aromatic nitrogens is 1. The smallest absolute Gasteiger partial charge is 0.292 e. The number of rotatable bonds is 2. The molecule has 5 heteroatoms. The van der Waals surface area contributed by atoms with Crippen LogP contribution in [0.1, 0.15) is 23.2 Å². The first-order chi connectivity index (χ1) is 5.65. The number of carbonyl (C=O) groups excluding carboxylic acids is 1. The highest BCUT2D eigenvalue weighted by atomic mass is 35.5. The summed E-state index contributed by atoms with van der Waals surface area (Å²) < 4.78 is 4.81. The molecule has 0 saturated carbocycles. The maximum Gasteiger partial charge on any atom is 0.292 e. The van der Waals surface area contributed by atoms with Gasteiger partial charge < -0.3 is 9.42 Å². The second-order valence-corrected chi connectivity index (χ2v) is 2.65. The third-order valence-electron chi connectivity index (χ3n) is 1.66. The first-order valence-electron chi connectivity index (χ1n) is 3.84. The summed E-state index contributed by atoms with van der Waals surface area (Å²) in [5, 5.41) is 3.63. The van der Waals surface area contributed by atoms with Crippen molar-refractivity contribution in [1.29, 1.82) is 0 Å². The van der Waals surface area contributed by atoms with Gasteiger partial charge in [0.15, 0.2) is 0 Å². The number of hydrogen-bond donors (Lipinski definition) is 0. The minimum Gasteiger partial charge on any atom is -0.351 e. The average Bonchev–Trinajstić information content (AvgIpc) is 2.49. The Morgan fingerprint density at radius 1 is 1.69 bits per heavy atom. The minimum atomic E-state index is -0.127. The van der Waals surface area contributed by atoms with E-state index in [1.807, 2.05) is 6.92 Å². The zero-order chi connectivity index (χ0) is 9.14. The number of carbonyl (C=O) groups is 1. The zero-order valence-electron chi connectivity index (χ0n) is 7.90. The van der Waals surface area contributed by atoms with Gasteiger partial charge in [-0.1, -0.05) is 5.16 Å². The van der Waals surface area contributed by atoms with E-state index in [1.165, 1.54) is 0 Å². The fourth-order valence-electron chi connectivity index (χ4n) is 0.796. The molecule has 1 aromatic heterocycles. The summed E-state index contributed by atoms with van der Waals surface area (Å²) in [6.45, 7) is 4.35. The molecule has 0 aliphatic heterocycles. The van der Waals surface area contributed by atoms with Crippen LogP contribution >= 0.6 is 12.4 Å². The van der Waals surface area contributed by atoms with Gasteiger partial charge in [-0.25, -0.2) is 0 Å². The molecule has 0 spiro atoms. The van der Waals surface area contributed by atoms with Crippen LogP contribution in [0.25, 0.3) is 0 Å². The molecule has 0 aliphatic rings. The maximum atomic E-state index is 11.4. The fraction of sp³-hybridized carbons (Fsp3) is 0.500. The zero-order valence-corrected chi connectivity index (χ0v) is 8.72. The molecule has 0 saturated heterocycles. The van der Waals surface area contributed by atoms with Crippen molar-refractivity contribution >= 4 is 18.3 Å². The summed E-state index contributed by atoms with van der Waals surface area (Å²) >= 11 is 0. The Labute approximate surface area is 83.3 Å². The standard InChI is InChI=1S/C8H12N2O2.ClH/c1-4-10(3)8(11)7-5-6(2)9-12-7;/h5H,4H2,1-3H3;1H. The van der Waals surface area contributed by atoms with Gasteiger partial charge in [-0.2, -0.15) is 0 Å². The predicted molar refractivity (Wildman–Crippen MR) is 51.1 cm³/mol. The van der Waals surface area contributed by atoms with Crippen molar-refractivity contribution in [1.82, 2.24) is 10.1 Å². The van der Waals surface area contributed by atoms with Gasteiger partial charge in [0.2, 0.25) is 5.76 Å². The quantitative estimate of drug-likeness (QED) is 0.734. The maximum absolute atomic E-state index is 11.4. The summed E-state index contributed by atoms with van der Waals surface area (Å²) in [6, 6.07) is 1.63. The Kier molecular flexibility index (Phi) is 4.48. The van der Waals surface area contributed by atoms with Crippen molar-refractivity contribution in [3.05, 3.63) is 17.5 Å². The van der Waals surface area contributed by atoms with Crippen molar-refractivity contribution in [3.63, 3.8) is 0 Å². The van der Waals surface area contributed by atoms with Crippen LogP contribution in [0.2, 0.25) is 0 Å². The highest BCUT2D eigenvalue weighted by Crippen LogP contribution is 2.04. The van der Waals surface area contributed by atoms with Gasteiger partial charge in [0, 0.05) is 19.7 Å². The van der Waals surface area contributed by atoms with Gasteiger partial charge in [-0.15, -0.1) is 12.4 Å². The topological polar surface area (TPSA) is 46.3 Å². The van der Waals surface area contributed by atoms with E-state index < -0.39 is 0 Å². The molecule has 0 unspecified atom stereocenters. The van der Waals surface area contributed by atoms with E-state index in [2.05, 4.69) is 5.16 Å². The SMILES string of the molecule is CCN(C)C(=O)c1cc(C)no1.Cl. The number of amides is 1. The Bertz CT molecular complexity index is 285. The lowest BCUT2D eigenvalue weighted by Crippen LogP contribution is -2.25. The van der Waals surface area contributed by atoms with E-state index in [0.29, 0.717) is 12.3 Å². The van der Waals surface area contributed by atoms with Gasteiger partial charge in [0.1, 0.15) is 0 Å². The number of hydrogen-bond acceptors (Lipinski definition) is 3. The normalized spacial score (nSPS) is 9.15. The monoisotopic (exact) mass is 204 g/mol. The molecule has 1 rings (SSSR count). The summed E-state index contributed by atoms with van der Waals surface area (Å²) in [7, 11) is 1.72. The number of nitrogens with zero attached hydrogens (tertiary/aromatic N) is 2. The van der Waals surface area contributed by atoms with Crippen LogP contribution in [-0.2, 0) is 0 Å². The highest BCUT2D eigenvalue weighted by Gasteiger charge is 2.14.